The molecule has 0 aliphatic carbocycles. The van der Waals surface area contributed by atoms with Crippen LogP contribution in [-0.2, 0) is 6.42 Å². The summed E-state index contributed by atoms with van der Waals surface area (Å²) in [5, 5.41) is 3.25. The van der Waals surface area contributed by atoms with E-state index in [1.54, 1.807) is 0 Å². The predicted octanol–water partition coefficient (Wildman–Crippen LogP) is 4.16. The number of anilines is 1. The second-order valence-electron chi connectivity index (χ2n) is 5.09. The van der Waals surface area contributed by atoms with Crippen LogP contribution >= 0.6 is 0 Å². The normalized spacial score (nSPS) is 10.3. The van der Waals surface area contributed by atoms with Crippen LogP contribution in [0.25, 0.3) is 0 Å². The number of Topliss-reactive ketones (excluding diaryl/α,β-unsaturated/α-hetero) is 1. The fraction of sp³-hybridized carbons (Fsp3) is 0.278. The van der Waals surface area contributed by atoms with E-state index < -0.39 is 0 Å². The predicted molar refractivity (Wildman–Crippen MR) is 84.6 cm³/mol. The van der Waals surface area contributed by atoms with E-state index in [0.717, 1.165) is 23.2 Å². The smallest absolute Gasteiger partial charge is 0.181 e. The first kappa shape index (κ1) is 14.3. The van der Waals surface area contributed by atoms with E-state index in [4.69, 9.17) is 0 Å². The zero-order chi connectivity index (χ0) is 14.5. The minimum atomic E-state index is 0.124. The molecule has 2 nitrogen and oxygen atoms in total. The molecule has 0 spiro atoms. The molecule has 104 valence electrons. The van der Waals surface area contributed by atoms with Crippen molar-refractivity contribution in [1.82, 2.24) is 0 Å². The molecule has 20 heavy (non-hydrogen) atoms. The third kappa shape index (κ3) is 3.27. The van der Waals surface area contributed by atoms with Crippen LogP contribution in [0.4, 0.5) is 5.69 Å². The molecule has 0 fully saturated rings. The van der Waals surface area contributed by atoms with Gasteiger partial charge < -0.3 is 5.32 Å². The van der Waals surface area contributed by atoms with Crippen molar-refractivity contribution >= 4 is 11.5 Å². The summed E-state index contributed by atoms with van der Waals surface area (Å²) in [5.74, 6) is 0.124. The number of hydrogen-bond acceptors (Lipinski definition) is 2. The number of carbonyl (C=O) groups excluding carboxylic acids is 1. The van der Waals surface area contributed by atoms with E-state index in [0.29, 0.717) is 6.54 Å². The van der Waals surface area contributed by atoms with Crippen molar-refractivity contribution in [2.75, 3.05) is 11.9 Å². The Balaban J connectivity index is 2.06. The number of ketones is 1. The van der Waals surface area contributed by atoms with Crippen LogP contribution in [0, 0.1) is 13.8 Å². The van der Waals surface area contributed by atoms with Gasteiger partial charge in [-0.1, -0.05) is 37.3 Å². The van der Waals surface area contributed by atoms with Gasteiger partial charge in [0.15, 0.2) is 5.78 Å². The van der Waals surface area contributed by atoms with Crippen LogP contribution in [0.15, 0.2) is 42.5 Å². The largest absolute Gasteiger partial charge is 0.377 e. The lowest BCUT2D eigenvalue weighted by molar-refractivity contribution is 0.101. The van der Waals surface area contributed by atoms with Crippen molar-refractivity contribution in [3.63, 3.8) is 0 Å². The van der Waals surface area contributed by atoms with Crippen molar-refractivity contribution in [2.24, 2.45) is 0 Å². The average molecular weight is 267 g/mol. The van der Waals surface area contributed by atoms with Gasteiger partial charge in [-0.15, -0.1) is 0 Å². The molecule has 0 heterocycles. The number of para-hydroxylation sites is 1. The first-order chi connectivity index (χ1) is 9.61. The molecular weight excluding hydrogens is 246 g/mol. The number of nitrogens with one attached hydrogen (secondary N) is 1. The Bertz CT molecular complexity index is 617. The molecule has 0 saturated carbocycles. The first-order valence-corrected chi connectivity index (χ1v) is 7.04. The summed E-state index contributed by atoms with van der Waals surface area (Å²) in [6.07, 6.45) is 0.959. The maximum atomic E-state index is 12.2. The van der Waals surface area contributed by atoms with E-state index in [2.05, 4.69) is 25.2 Å². The minimum absolute atomic E-state index is 0.124. The molecular formula is C18H21NO. The van der Waals surface area contributed by atoms with Gasteiger partial charge in [-0.3, -0.25) is 4.79 Å². The van der Waals surface area contributed by atoms with Gasteiger partial charge in [0.25, 0.3) is 0 Å². The Labute approximate surface area is 120 Å². The summed E-state index contributed by atoms with van der Waals surface area (Å²) in [5.41, 5.74) is 5.43. The Hall–Kier alpha value is -2.09. The molecule has 0 aliphatic rings. The third-order valence-corrected chi connectivity index (χ3v) is 3.67. The van der Waals surface area contributed by atoms with Gasteiger partial charge in [0.05, 0.1) is 6.54 Å². The summed E-state index contributed by atoms with van der Waals surface area (Å²) < 4.78 is 0. The number of aryl methyl sites for hydroxylation is 3. The molecule has 2 aromatic carbocycles. The highest BCUT2D eigenvalue weighted by Crippen LogP contribution is 2.16. The first-order valence-electron chi connectivity index (χ1n) is 7.04. The quantitative estimate of drug-likeness (QED) is 0.824. The maximum absolute atomic E-state index is 12.2. The lowest BCUT2D eigenvalue weighted by Crippen LogP contribution is -2.15. The molecule has 2 heteroatoms. The van der Waals surface area contributed by atoms with Crippen LogP contribution in [0.1, 0.15) is 34.0 Å². The molecule has 0 saturated heterocycles. The monoisotopic (exact) mass is 267 g/mol. The van der Waals surface area contributed by atoms with E-state index >= 15 is 0 Å². The lowest BCUT2D eigenvalue weighted by atomic mass is 10.0. The van der Waals surface area contributed by atoms with Gasteiger partial charge in [0.2, 0.25) is 0 Å². The van der Waals surface area contributed by atoms with Crippen molar-refractivity contribution < 1.29 is 4.79 Å². The number of rotatable bonds is 5. The number of carbonyl (C=O) groups is 1. The van der Waals surface area contributed by atoms with Crippen LogP contribution < -0.4 is 5.32 Å². The van der Waals surface area contributed by atoms with Gasteiger partial charge in [-0.2, -0.15) is 0 Å². The Morgan fingerprint density at radius 3 is 2.50 bits per heavy atom. The van der Waals surface area contributed by atoms with Crippen molar-refractivity contribution in [2.45, 2.75) is 27.2 Å². The van der Waals surface area contributed by atoms with E-state index in [9.17, 15) is 4.79 Å². The molecule has 0 unspecified atom stereocenters. The van der Waals surface area contributed by atoms with Gasteiger partial charge in [0, 0.05) is 11.3 Å². The fourth-order valence-electron chi connectivity index (χ4n) is 2.19. The molecule has 0 atom stereocenters. The summed E-state index contributed by atoms with van der Waals surface area (Å²) >= 11 is 0. The standard InChI is InChI=1S/C18H21NO/c1-4-15-7-5-6-8-17(15)19-12-18(20)16-10-9-13(2)14(3)11-16/h5-11,19H,4,12H2,1-3H3. The van der Waals surface area contributed by atoms with E-state index in [-0.39, 0.29) is 5.78 Å². The SMILES string of the molecule is CCc1ccccc1NCC(=O)c1ccc(C)c(C)c1. The topological polar surface area (TPSA) is 29.1 Å². The Morgan fingerprint density at radius 1 is 1.05 bits per heavy atom. The molecule has 0 radical (unpaired) electrons. The molecule has 0 aromatic heterocycles. The molecule has 0 aliphatic heterocycles. The molecule has 0 bridgehead atoms. The second-order valence-corrected chi connectivity index (χ2v) is 5.09. The zero-order valence-corrected chi connectivity index (χ0v) is 12.4. The van der Waals surface area contributed by atoms with Gasteiger partial charge in [-0.25, -0.2) is 0 Å². The van der Waals surface area contributed by atoms with Crippen LogP contribution in [0.3, 0.4) is 0 Å². The van der Waals surface area contributed by atoms with Crippen LogP contribution in [-0.4, -0.2) is 12.3 Å². The average Bonchev–Trinajstić information content (AvgIpc) is 2.47. The van der Waals surface area contributed by atoms with Crippen molar-refractivity contribution in [3.05, 3.63) is 64.7 Å². The summed E-state index contributed by atoms with van der Waals surface area (Å²) in [7, 11) is 0. The van der Waals surface area contributed by atoms with Crippen LogP contribution in [0.5, 0.6) is 0 Å². The van der Waals surface area contributed by atoms with Crippen molar-refractivity contribution in [1.29, 1.82) is 0 Å². The minimum Gasteiger partial charge on any atom is -0.377 e. The van der Waals surface area contributed by atoms with E-state index in [1.165, 1.54) is 11.1 Å². The highest BCUT2D eigenvalue weighted by Gasteiger charge is 2.07. The summed E-state index contributed by atoms with van der Waals surface area (Å²) in [4.78, 5) is 12.2. The Kier molecular flexibility index (Phi) is 4.57. The highest BCUT2D eigenvalue weighted by atomic mass is 16.1. The van der Waals surface area contributed by atoms with Gasteiger partial charge in [-0.05, 0) is 49.1 Å². The fourth-order valence-corrected chi connectivity index (χ4v) is 2.19. The lowest BCUT2D eigenvalue weighted by Gasteiger charge is -2.10. The maximum Gasteiger partial charge on any atom is 0.181 e. The van der Waals surface area contributed by atoms with Crippen molar-refractivity contribution in [3.8, 4) is 0 Å². The molecule has 1 N–H and O–H groups in total. The summed E-state index contributed by atoms with van der Waals surface area (Å²) in [6, 6.07) is 14.0. The molecule has 2 rings (SSSR count). The summed E-state index contributed by atoms with van der Waals surface area (Å²) in [6.45, 7) is 6.54. The zero-order valence-electron chi connectivity index (χ0n) is 12.4. The molecule has 0 amide bonds. The number of benzene rings is 2. The Morgan fingerprint density at radius 2 is 1.80 bits per heavy atom. The van der Waals surface area contributed by atoms with Gasteiger partial charge in [0.1, 0.15) is 0 Å². The van der Waals surface area contributed by atoms with E-state index in [1.807, 2.05) is 43.3 Å². The highest BCUT2D eigenvalue weighted by molar-refractivity contribution is 5.99. The third-order valence-electron chi connectivity index (χ3n) is 3.67. The number of hydrogen-bond donors (Lipinski definition) is 1. The van der Waals surface area contributed by atoms with Gasteiger partial charge >= 0.3 is 0 Å². The second kappa shape index (κ2) is 6.38. The molecule has 2 aromatic rings. The van der Waals surface area contributed by atoms with Crippen LogP contribution in [0.2, 0.25) is 0 Å².